The highest BCUT2D eigenvalue weighted by atomic mass is 16.5. The third-order valence-electron chi connectivity index (χ3n) is 4.96. The van der Waals surface area contributed by atoms with Gasteiger partial charge in [-0.2, -0.15) is 0 Å². The van der Waals surface area contributed by atoms with Crippen molar-refractivity contribution in [3.05, 3.63) is 60.3 Å². The van der Waals surface area contributed by atoms with E-state index in [-0.39, 0.29) is 18.4 Å². The van der Waals surface area contributed by atoms with Gasteiger partial charge < -0.3 is 19.9 Å². The van der Waals surface area contributed by atoms with E-state index < -0.39 is 0 Å². The molecule has 2 N–H and O–H groups in total. The third kappa shape index (κ3) is 4.01. The number of nitrogens with zero attached hydrogens (tertiary/aromatic N) is 1. The van der Waals surface area contributed by atoms with Crippen molar-refractivity contribution in [2.45, 2.75) is 19.3 Å². The molecule has 0 atom stereocenters. The number of rotatable bonds is 7. The zero-order chi connectivity index (χ0) is 19.3. The smallest absolute Gasteiger partial charge is 0.257 e. The van der Waals surface area contributed by atoms with E-state index in [2.05, 4.69) is 16.4 Å². The van der Waals surface area contributed by atoms with Crippen molar-refractivity contribution >= 4 is 28.4 Å². The molecule has 6 heteroatoms. The van der Waals surface area contributed by atoms with E-state index in [0.717, 1.165) is 30.6 Å². The summed E-state index contributed by atoms with van der Waals surface area (Å²) in [4.78, 5) is 29.0. The van der Waals surface area contributed by atoms with Gasteiger partial charge in [-0.1, -0.05) is 24.3 Å². The Hall–Kier alpha value is -3.28. The van der Waals surface area contributed by atoms with Crippen LogP contribution in [0.1, 0.15) is 18.4 Å². The van der Waals surface area contributed by atoms with Gasteiger partial charge in [0.25, 0.3) is 5.91 Å². The Morgan fingerprint density at radius 2 is 2.07 bits per heavy atom. The Bertz CT molecular complexity index is 995. The second-order valence-corrected chi connectivity index (χ2v) is 6.89. The van der Waals surface area contributed by atoms with Crippen molar-refractivity contribution < 1.29 is 14.3 Å². The molecule has 1 aromatic heterocycles. The van der Waals surface area contributed by atoms with Crippen LogP contribution >= 0.6 is 0 Å². The number of para-hydroxylation sites is 1. The number of amides is 2. The summed E-state index contributed by atoms with van der Waals surface area (Å²) in [7, 11) is 0. The molecule has 0 unspecified atom stereocenters. The van der Waals surface area contributed by atoms with Gasteiger partial charge in [0.1, 0.15) is 5.75 Å². The molecule has 1 aliphatic rings. The Labute approximate surface area is 163 Å². The largest absolute Gasteiger partial charge is 0.484 e. The first-order valence-corrected chi connectivity index (χ1v) is 9.55. The fraction of sp³-hybridized carbons (Fsp3) is 0.273. The fourth-order valence-corrected chi connectivity index (χ4v) is 3.54. The highest BCUT2D eigenvalue weighted by molar-refractivity contribution is 5.95. The monoisotopic (exact) mass is 377 g/mol. The molecule has 2 aromatic carbocycles. The number of carbonyl (C=O) groups is 2. The highest BCUT2D eigenvalue weighted by Gasteiger charge is 2.21. The highest BCUT2D eigenvalue weighted by Crippen LogP contribution is 2.25. The number of H-pyrrole nitrogens is 1. The van der Waals surface area contributed by atoms with Gasteiger partial charge in [-0.3, -0.25) is 9.59 Å². The number of anilines is 1. The molecule has 28 heavy (non-hydrogen) atoms. The number of carbonyl (C=O) groups excluding carboxylic acids is 2. The second-order valence-electron chi connectivity index (χ2n) is 6.89. The molecule has 0 spiro atoms. The van der Waals surface area contributed by atoms with Crippen LogP contribution in [0.3, 0.4) is 0 Å². The van der Waals surface area contributed by atoms with Crippen LogP contribution in [0.25, 0.3) is 10.9 Å². The Balaban J connectivity index is 1.26. The van der Waals surface area contributed by atoms with Crippen molar-refractivity contribution in [1.29, 1.82) is 0 Å². The number of aromatic amines is 1. The Morgan fingerprint density at radius 1 is 1.18 bits per heavy atom. The summed E-state index contributed by atoms with van der Waals surface area (Å²) in [5.41, 5.74) is 3.10. The van der Waals surface area contributed by atoms with Gasteiger partial charge in [0.15, 0.2) is 6.61 Å². The van der Waals surface area contributed by atoms with Gasteiger partial charge in [0, 0.05) is 48.4 Å². The summed E-state index contributed by atoms with van der Waals surface area (Å²) in [5.74, 6) is 0.554. The van der Waals surface area contributed by atoms with Crippen LogP contribution in [0.15, 0.2) is 54.7 Å². The summed E-state index contributed by atoms with van der Waals surface area (Å²) >= 11 is 0. The molecule has 4 rings (SSSR count). The minimum absolute atomic E-state index is 0.0503. The van der Waals surface area contributed by atoms with E-state index in [9.17, 15) is 9.59 Å². The van der Waals surface area contributed by atoms with E-state index in [4.69, 9.17) is 4.74 Å². The van der Waals surface area contributed by atoms with Gasteiger partial charge in [0.05, 0.1) is 0 Å². The number of hydrogen-bond donors (Lipinski definition) is 2. The van der Waals surface area contributed by atoms with Gasteiger partial charge in [-0.05, 0) is 36.6 Å². The normalized spacial score (nSPS) is 13.9. The first-order chi connectivity index (χ1) is 13.7. The maximum absolute atomic E-state index is 12.1. The minimum Gasteiger partial charge on any atom is -0.484 e. The quantitative estimate of drug-likeness (QED) is 0.665. The molecule has 144 valence electrons. The van der Waals surface area contributed by atoms with Crippen LogP contribution in [0.4, 0.5) is 5.69 Å². The molecule has 2 heterocycles. The maximum atomic E-state index is 12.1. The molecule has 1 fully saturated rings. The summed E-state index contributed by atoms with van der Waals surface area (Å²) in [6.07, 6.45) is 4.20. The van der Waals surface area contributed by atoms with Crippen LogP contribution in [0.2, 0.25) is 0 Å². The van der Waals surface area contributed by atoms with Crippen molar-refractivity contribution in [3.8, 4) is 5.75 Å². The topological polar surface area (TPSA) is 74.4 Å². The number of benzene rings is 2. The third-order valence-corrected chi connectivity index (χ3v) is 4.96. The van der Waals surface area contributed by atoms with Crippen molar-refractivity contribution in [3.63, 3.8) is 0 Å². The predicted octanol–water partition coefficient (Wildman–Crippen LogP) is 3.03. The molecule has 3 aromatic rings. The summed E-state index contributed by atoms with van der Waals surface area (Å²) < 4.78 is 5.61. The van der Waals surface area contributed by atoms with Crippen LogP contribution in [-0.4, -0.2) is 36.5 Å². The molecular formula is C22H23N3O3. The van der Waals surface area contributed by atoms with E-state index in [1.807, 2.05) is 42.6 Å². The molecule has 0 radical (unpaired) electrons. The lowest BCUT2D eigenvalue weighted by Gasteiger charge is -2.16. The predicted molar refractivity (Wildman–Crippen MR) is 109 cm³/mol. The lowest BCUT2D eigenvalue weighted by Crippen LogP contribution is -2.30. The first kappa shape index (κ1) is 18.1. The maximum Gasteiger partial charge on any atom is 0.257 e. The number of fused-ring (bicyclic) bond motifs is 1. The lowest BCUT2D eigenvalue weighted by molar-refractivity contribution is -0.123. The zero-order valence-electron chi connectivity index (χ0n) is 15.6. The SMILES string of the molecule is O=C(COc1cccc(N2CCCC2=O)c1)NCCc1c[nH]c2ccccc12. The Kier molecular flexibility index (Phi) is 5.28. The Morgan fingerprint density at radius 3 is 2.93 bits per heavy atom. The zero-order valence-corrected chi connectivity index (χ0v) is 15.6. The van der Waals surface area contributed by atoms with E-state index in [0.29, 0.717) is 18.7 Å². The summed E-state index contributed by atoms with van der Waals surface area (Å²) in [6, 6.07) is 15.4. The standard InChI is InChI=1S/C22H23N3O3/c26-21(23-11-10-16-14-24-20-8-2-1-7-19(16)20)15-28-18-6-3-5-17(13-18)25-12-4-9-22(25)27/h1-3,5-8,13-14,24H,4,9-12,15H2,(H,23,26). The van der Waals surface area contributed by atoms with E-state index >= 15 is 0 Å². The van der Waals surface area contributed by atoms with Crippen molar-refractivity contribution in [2.24, 2.45) is 0 Å². The van der Waals surface area contributed by atoms with E-state index in [1.165, 1.54) is 10.9 Å². The van der Waals surface area contributed by atoms with Gasteiger partial charge >= 0.3 is 0 Å². The molecule has 6 nitrogen and oxygen atoms in total. The van der Waals surface area contributed by atoms with Crippen molar-refractivity contribution in [2.75, 3.05) is 24.6 Å². The summed E-state index contributed by atoms with van der Waals surface area (Å²) in [5, 5.41) is 4.07. The number of ether oxygens (including phenoxy) is 1. The number of nitrogens with one attached hydrogen (secondary N) is 2. The molecule has 1 saturated heterocycles. The molecule has 0 aliphatic carbocycles. The fourth-order valence-electron chi connectivity index (χ4n) is 3.54. The second kappa shape index (κ2) is 8.17. The average molecular weight is 377 g/mol. The molecule has 1 aliphatic heterocycles. The number of aromatic nitrogens is 1. The van der Waals surface area contributed by atoms with Crippen LogP contribution in [0, 0.1) is 0 Å². The first-order valence-electron chi connectivity index (χ1n) is 9.55. The van der Waals surface area contributed by atoms with Gasteiger partial charge in [0.2, 0.25) is 5.91 Å². The molecule has 2 amide bonds. The van der Waals surface area contributed by atoms with Crippen LogP contribution < -0.4 is 15.0 Å². The van der Waals surface area contributed by atoms with Gasteiger partial charge in [-0.25, -0.2) is 0 Å². The average Bonchev–Trinajstić information content (AvgIpc) is 3.33. The number of hydrogen-bond acceptors (Lipinski definition) is 3. The van der Waals surface area contributed by atoms with Crippen LogP contribution in [-0.2, 0) is 16.0 Å². The molecule has 0 bridgehead atoms. The van der Waals surface area contributed by atoms with Crippen molar-refractivity contribution in [1.82, 2.24) is 10.3 Å². The molecule has 0 saturated carbocycles. The molecular weight excluding hydrogens is 354 g/mol. The van der Waals surface area contributed by atoms with E-state index in [1.54, 1.807) is 11.0 Å². The van der Waals surface area contributed by atoms with Crippen LogP contribution in [0.5, 0.6) is 5.75 Å². The summed E-state index contributed by atoms with van der Waals surface area (Å²) in [6.45, 7) is 1.23. The van der Waals surface area contributed by atoms with Gasteiger partial charge in [-0.15, -0.1) is 0 Å². The minimum atomic E-state index is -0.164. The lowest BCUT2D eigenvalue weighted by atomic mass is 10.1.